The maximum absolute atomic E-state index is 2.32. The van der Waals surface area contributed by atoms with E-state index < -0.39 is 0 Å². The summed E-state index contributed by atoms with van der Waals surface area (Å²) in [6.45, 7) is 0. The molecule has 0 unspecified atom stereocenters. The molecule has 0 saturated heterocycles. The lowest BCUT2D eigenvalue weighted by Crippen LogP contribution is -1.80. The van der Waals surface area contributed by atoms with Gasteiger partial charge in [-0.15, -0.1) is 0 Å². The summed E-state index contributed by atoms with van der Waals surface area (Å²) in [5, 5.41) is 0. The fourth-order valence-corrected chi connectivity index (χ4v) is 1.97. The molecule has 0 N–H and O–H groups in total. The van der Waals surface area contributed by atoms with Crippen molar-refractivity contribution >= 4 is 0 Å². The maximum Gasteiger partial charge on any atom is -0.0316 e. The summed E-state index contributed by atoms with van der Waals surface area (Å²) >= 11 is 0. The maximum atomic E-state index is 2.32. The van der Waals surface area contributed by atoms with Gasteiger partial charge in [-0.25, -0.2) is 0 Å². The van der Waals surface area contributed by atoms with Crippen LogP contribution in [0.5, 0.6) is 0 Å². The first kappa shape index (κ1) is 13.3. The van der Waals surface area contributed by atoms with Crippen LogP contribution in [-0.2, 0) is 0 Å². The van der Waals surface area contributed by atoms with E-state index in [0.29, 0.717) is 0 Å². The average molecular weight is 218 g/mol. The van der Waals surface area contributed by atoms with Gasteiger partial charge in [0.15, 0.2) is 0 Å². The molecular formula is C16H26. The molecule has 0 heteroatoms. The van der Waals surface area contributed by atoms with Gasteiger partial charge in [-0.3, -0.25) is 0 Å². The molecule has 0 nitrogen and oxygen atoms in total. The highest BCUT2D eigenvalue weighted by molar-refractivity contribution is 4.93. The molecule has 0 bridgehead atoms. The first-order valence-corrected chi connectivity index (χ1v) is 6.95. The molecular weight excluding hydrogens is 192 g/mol. The summed E-state index contributed by atoms with van der Waals surface area (Å²) in [6.07, 6.45) is 27.0. The van der Waals surface area contributed by atoms with Gasteiger partial charge in [0.2, 0.25) is 0 Å². The first-order chi connectivity index (χ1) is 8.00. The van der Waals surface area contributed by atoms with E-state index in [1.54, 1.807) is 0 Å². The molecule has 90 valence electrons. The Bertz CT molecular complexity index is 181. The van der Waals surface area contributed by atoms with Crippen LogP contribution in [0.15, 0.2) is 36.5 Å². The molecule has 2 rings (SSSR count). The van der Waals surface area contributed by atoms with Crippen molar-refractivity contribution in [2.24, 2.45) is 0 Å². The molecule has 0 aliphatic heterocycles. The Morgan fingerprint density at radius 3 is 1.00 bits per heavy atom. The van der Waals surface area contributed by atoms with E-state index in [1.165, 1.54) is 64.2 Å². The summed E-state index contributed by atoms with van der Waals surface area (Å²) in [5.41, 5.74) is 0. The molecule has 0 radical (unpaired) electrons. The minimum atomic E-state index is 1.23. The Balaban J connectivity index is 0.000000160. The largest absolute Gasteiger partial charge is 0.0885 e. The Labute approximate surface area is 101 Å². The predicted octanol–water partition coefficient (Wildman–Crippen LogP) is 5.57. The second-order valence-electron chi connectivity index (χ2n) is 4.56. The van der Waals surface area contributed by atoms with E-state index in [-0.39, 0.29) is 0 Å². The second kappa shape index (κ2) is 10.7. The molecule has 2 aliphatic carbocycles. The van der Waals surface area contributed by atoms with Crippen LogP contribution in [0, 0.1) is 0 Å². The number of hydrogen-bond donors (Lipinski definition) is 0. The summed E-state index contributed by atoms with van der Waals surface area (Å²) in [5.74, 6) is 0. The van der Waals surface area contributed by atoms with Gasteiger partial charge in [-0.1, -0.05) is 49.3 Å². The highest BCUT2D eigenvalue weighted by atomic mass is 14.0. The number of rotatable bonds is 0. The van der Waals surface area contributed by atoms with Gasteiger partial charge in [0.1, 0.15) is 0 Å². The van der Waals surface area contributed by atoms with Gasteiger partial charge in [0.05, 0.1) is 0 Å². The van der Waals surface area contributed by atoms with Gasteiger partial charge < -0.3 is 0 Å². The van der Waals surface area contributed by atoms with Crippen LogP contribution in [0.25, 0.3) is 0 Å². The fourth-order valence-electron chi connectivity index (χ4n) is 1.97. The third kappa shape index (κ3) is 8.52. The monoisotopic (exact) mass is 218 g/mol. The van der Waals surface area contributed by atoms with E-state index >= 15 is 0 Å². The van der Waals surface area contributed by atoms with Crippen molar-refractivity contribution in [3.63, 3.8) is 0 Å². The van der Waals surface area contributed by atoms with E-state index in [9.17, 15) is 0 Å². The van der Waals surface area contributed by atoms with Gasteiger partial charge >= 0.3 is 0 Å². The zero-order valence-electron chi connectivity index (χ0n) is 10.5. The van der Waals surface area contributed by atoms with E-state index in [1.807, 2.05) is 0 Å². The molecule has 0 aromatic heterocycles. The van der Waals surface area contributed by atoms with E-state index in [0.717, 1.165) is 0 Å². The smallest absolute Gasteiger partial charge is 0.0316 e. The zero-order chi connectivity index (χ0) is 11.3. The second-order valence-corrected chi connectivity index (χ2v) is 4.56. The van der Waals surface area contributed by atoms with E-state index in [4.69, 9.17) is 0 Å². The number of allylic oxidation sites excluding steroid dienone is 6. The summed E-state index contributed by atoms with van der Waals surface area (Å²) in [7, 11) is 0. The first-order valence-electron chi connectivity index (χ1n) is 6.95. The minimum Gasteiger partial charge on any atom is -0.0885 e. The Morgan fingerprint density at radius 1 is 0.312 bits per heavy atom. The molecule has 0 heterocycles. The quantitative estimate of drug-likeness (QED) is 0.466. The Morgan fingerprint density at radius 2 is 0.625 bits per heavy atom. The topological polar surface area (TPSA) is 0 Å². The van der Waals surface area contributed by atoms with Crippen LogP contribution in [0.2, 0.25) is 0 Å². The highest BCUT2D eigenvalue weighted by Crippen LogP contribution is 2.09. The van der Waals surface area contributed by atoms with Crippen molar-refractivity contribution < 1.29 is 0 Å². The van der Waals surface area contributed by atoms with Crippen molar-refractivity contribution in [3.8, 4) is 0 Å². The van der Waals surface area contributed by atoms with Crippen molar-refractivity contribution in [3.05, 3.63) is 36.5 Å². The molecule has 0 fully saturated rings. The Kier molecular flexibility index (Phi) is 8.91. The van der Waals surface area contributed by atoms with Crippen molar-refractivity contribution in [2.75, 3.05) is 0 Å². The van der Waals surface area contributed by atoms with Crippen molar-refractivity contribution in [2.45, 2.75) is 64.2 Å². The van der Waals surface area contributed by atoms with Gasteiger partial charge in [-0.05, 0) is 51.4 Å². The lowest BCUT2D eigenvalue weighted by atomic mass is 10.1. The molecule has 2 aliphatic rings. The fraction of sp³-hybridized carbons (Fsp3) is 0.625. The van der Waals surface area contributed by atoms with E-state index in [2.05, 4.69) is 36.5 Å². The molecule has 0 spiro atoms. The van der Waals surface area contributed by atoms with Gasteiger partial charge in [0.25, 0.3) is 0 Å². The summed E-state index contributed by atoms with van der Waals surface area (Å²) in [4.78, 5) is 0. The highest BCUT2D eigenvalue weighted by Gasteiger charge is 1.90. The summed E-state index contributed by atoms with van der Waals surface area (Å²) in [6, 6.07) is 0. The zero-order valence-corrected chi connectivity index (χ0v) is 10.5. The number of hydrogen-bond acceptors (Lipinski definition) is 0. The third-order valence-corrected chi connectivity index (χ3v) is 2.99. The third-order valence-electron chi connectivity index (χ3n) is 2.99. The molecule has 0 atom stereocenters. The van der Waals surface area contributed by atoms with Crippen LogP contribution >= 0.6 is 0 Å². The Hall–Kier alpha value is -0.780. The normalized spacial score (nSPS) is 21.0. The predicted molar refractivity (Wildman–Crippen MR) is 73.6 cm³/mol. The van der Waals surface area contributed by atoms with Crippen LogP contribution in [0.1, 0.15) is 64.2 Å². The average Bonchev–Trinajstić information content (AvgIpc) is 2.15. The molecule has 0 saturated carbocycles. The van der Waals surface area contributed by atoms with Crippen LogP contribution in [-0.4, -0.2) is 0 Å². The van der Waals surface area contributed by atoms with Crippen LogP contribution in [0.3, 0.4) is 0 Å². The van der Waals surface area contributed by atoms with Crippen LogP contribution < -0.4 is 0 Å². The lowest BCUT2D eigenvalue weighted by molar-refractivity contribution is 0.638. The molecule has 0 aromatic carbocycles. The molecule has 0 amide bonds. The van der Waals surface area contributed by atoms with Crippen molar-refractivity contribution in [1.29, 1.82) is 0 Å². The lowest BCUT2D eigenvalue weighted by Gasteiger charge is -2.00. The molecule has 0 aromatic rings. The SMILES string of the molecule is C1=CCCC=CCC1.C1=CCCCCCC1. The molecule has 16 heavy (non-hydrogen) atoms. The van der Waals surface area contributed by atoms with Gasteiger partial charge in [0, 0.05) is 0 Å². The minimum absolute atomic E-state index is 1.23. The van der Waals surface area contributed by atoms with Crippen molar-refractivity contribution in [1.82, 2.24) is 0 Å². The van der Waals surface area contributed by atoms with Crippen LogP contribution in [0.4, 0.5) is 0 Å². The van der Waals surface area contributed by atoms with Gasteiger partial charge in [-0.2, -0.15) is 0 Å². The standard InChI is InChI=1S/C8H14.C8H12/c2*1-2-4-6-8-7-5-3-1/h1-2H,3-8H2;1-2,7-8H,3-6H2. The summed E-state index contributed by atoms with van der Waals surface area (Å²) < 4.78 is 0.